The average Bonchev–Trinajstić information content (AvgIpc) is 3.12. The Bertz CT molecular complexity index is 870. The van der Waals surface area contributed by atoms with Crippen molar-refractivity contribution < 1.29 is 23.9 Å². The number of carbonyl (C=O) groups is 1. The monoisotopic (exact) mass is 397 g/mol. The lowest BCUT2D eigenvalue weighted by Gasteiger charge is -2.27. The summed E-state index contributed by atoms with van der Waals surface area (Å²) >= 11 is 0. The van der Waals surface area contributed by atoms with Crippen LogP contribution < -0.4 is 24.4 Å². The van der Waals surface area contributed by atoms with Crippen LogP contribution in [-0.4, -0.2) is 38.8 Å². The minimum Gasteiger partial charge on any atom is -0.495 e. The van der Waals surface area contributed by atoms with Crippen LogP contribution >= 0.6 is 0 Å². The zero-order chi connectivity index (χ0) is 20.2. The first-order valence-electron chi connectivity index (χ1n) is 10.4. The van der Waals surface area contributed by atoms with Crippen molar-refractivity contribution in [2.24, 2.45) is 0 Å². The van der Waals surface area contributed by atoms with Gasteiger partial charge in [0, 0.05) is 24.8 Å². The quantitative estimate of drug-likeness (QED) is 0.814. The van der Waals surface area contributed by atoms with E-state index in [2.05, 4.69) is 17.4 Å². The molecular formula is C23H29N2O4+. The minimum atomic E-state index is -0.177. The second-order valence-electron chi connectivity index (χ2n) is 7.69. The molecule has 0 radical (unpaired) electrons. The van der Waals surface area contributed by atoms with Gasteiger partial charge >= 0.3 is 0 Å². The fraction of sp³-hybridized carbons (Fsp3) is 0.435. The first kappa shape index (κ1) is 19.6. The van der Waals surface area contributed by atoms with Crippen LogP contribution in [0.2, 0.25) is 0 Å². The van der Waals surface area contributed by atoms with Crippen LogP contribution in [0.4, 0.5) is 5.69 Å². The topological polar surface area (TPSA) is 61.2 Å². The Morgan fingerprint density at radius 1 is 1.14 bits per heavy atom. The van der Waals surface area contributed by atoms with Crippen molar-refractivity contribution in [3.63, 3.8) is 0 Å². The van der Waals surface area contributed by atoms with Crippen molar-refractivity contribution in [2.45, 2.75) is 38.3 Å². The molecule has 6 nitrogen and oxygen atoms in total. The van der Waals surface area contributed by atoms with E-state index in [4.69, 9.17) is 14.2 Å². The van der Waals surface area contributed by atoms with E-state index in [1.165, 1.54) is 10.5 Å². The normalized spacial score (nSPS) is 21.9. The number of rotatable bonds is 5. The van der Waals surface area contributed by atoms with Crippen LogP contribution in [0.3, 0.4) is 0 Å². The molecule has 2 aliphatic heterocycles. The van der Waals surface area contributed by atoms with Crippen molar-refractivity contribution >= 4 is 11.6 Å². The van der Waals surface area contributed by atoms with Crippen LogP contribution in [0.15, 0.2) is 42.5 Å². The standard InChI is InChI=1S/C23H28N2O4/c1-16(23(26)24-18-7-3-4-9-20(18)27-2)25-12-5-8-19(25)17-10-11-21-22(15-17)29-14-6-13-28-21/h3-4,7,9-11,15-16,19H,5-6,8,12-14H2,1-2H3,(H,24,26)/p+1/t16-,19-/m1/s1. The summed E-state index contributed by atoms with van der Waals surface area (Å²) in [4.78, 5) is 14.3. The predicted octanol–water partition coefficient (Wildman–Crippen LogP) is 2.60. The van der Waals surface area contributed by atoms with Gasteiger partial charge in [0.25, 0.3) is 5.91 Å². The third-order valence-corrected chi connectivity index (χ3v) is 5.89. The molecule has 0 aliphatic carbocycles. The Kier molecular flexibility index (Phi) is 5.90. The van der Waals surface area contributed by atoms with E-state index in [9.17, 15) is 4.79 Å². The maximum Gasteiger partial charge on any atom is 0.282 e. The average molecular weight is 397 g/mol. The van der Waals surface area contributed by atoms with E-state index in [1.807, 2.05) is 37.3 Å². The predicted molar refractivity (Wildman–Crippen MR) is 111 cm³/mol. The molecule has 2 heterocycles. The zero-order valence-corrected chi connectivity index (χ0v) is 17.1. The third kappa shape index (κ3) is 4.17. The van der Waals surface area contributed by atoms with Gasteiger partial charge in [-0.3, -0.25) is 4.79 Å². The number of hydrogen-bond donors (Lipinski definition) is 2. The molecule has 4 rings (SSSR count). The molecule has 2 aromatic carbocycles. The third-order valence-electron chi connectivity index (χ3n) is 5.89. The molecule has 1 saturated heterocycles. The van der Waals surface area contributed by atoms with Gasteiger partial charge in [-0.05, 0) is 37.3 Å². The highest BCUT2D eigenvalue weighted by Gasteiger charge is 2.37. The van der Waals surface area contributed by atoms with Crippen molar-refractivity contribution in [3.8, 4) is 17.2 Å². The van der Waals surface area contributed by atoms with E-state index >= 15 is 0 Å². The molecule has 2 aliphatic rings. The number of ether oxygens (including phenoxy) is 3. The number of quaternary nitrogens is 1. The Hall–Kier alpha value is -2.73. The summed E-state index contributed by atoms with van der Waals surface area (Å²) < 4.78 is 17.0. The van der Waals surface area contributed by atoms with Gasteiger partial charge in [-0.25, -0.2) is 0 Å². The van der Waals surface area contributed by atoms with Gasteiger partial charge in [-0.2, -0.15) is 0 Å². The molecular weight excluding hydrogens is 368 g/mol. The summed E-state index contributed by atoms with van der Waals surface area (Å²) in [7, 11) is 1.61. The van der Waals surface area contributed by atoms with E-state index in [0.29, 0.717) is 24.7 Å². The van der Waals surface area contributed by atoms with E-state index in [-0.39, 0.29) is 18.0 Å². The Labute approximate surface area is 171 Å². The first-order valence-corrected chi connectivity index (χ1v) is 10.4. The summed E-state index contributed by atoms with van der Waals surface area (Å²) in [6.07, 6.45) is 3.05. The number of anilines is 1. The number of fused-ring (bicyclic) bond motifs is 1. The van der Waals surface area contributed by atoms with Gasteiger partial charge in [-0.15, -0.1) is 0 Å². The molecule has 0 spiro atoms. The van der Waals surface area contributed by atoms with Gasteiger partial charge in [0.05, 0.1) is 32.6 Å². The zero-order valence-electron chi connectivity index (χ0n) is 17.1. The maximum atomic E-state index is 13.0. The number of hydrogen-bond acceptors (Lipinski definition) is 4. The molecule has 3 atom stereocenters. The van der Waals surface area contributed by atoms with Crippen molar-refractivity contribution in [3.05, 3.63) is 48.0 Å². The molecule has 1 unspecified atom stereocenters. The summed E-state index contributed by atoms with van der Waals surface area (Å²) in [6.45, 7) is 4.34. The molecule has 154 valence electrons. The van der Waals surface area contributed by atoms with E-state index < -0.39 is 0 Å². The van der Waals surface area contributed by atoms with Crippen LogP contribution in [0.5, 0.6) is 17.2 Å². The summed E-state index contributed by atoms with van der Waals surface area (Å²) in [5.74, 6) is 2.31. The summed E-state index contributed by atoms with van der Waals surface area (Å²) in [5.41, 5.74) is 1.91. The molecule has 0 bridgehead atoms. The molecule has 1 amide bonds. The minimum absolute atomic E-state index is 0.00532. The number of methoxy groups -OCH3 is 1. The number of para-hydroxylation sites is 2. The number of likely N-dealkylation sites (tertiary alicyclic amines) is 1. The largest absolute Gasteiger partial charge is 0.495 e. The van der Waals surface area contributed by atoms with Gasteiger partial charge in [0.1, 0.15) is 11.8 Å². The van der Waals surface area contributed by atoms with Crippen molar-refractivity contribution in [1.29, 1.82) is 0 Å². The molecule has 0 aromatic heterocycles. The lowest BCUT2D eigenvalue weighted by atomic mass is 10.0. The van der Waals surface area contributed by atoms with Gasteiger partial charge in [-0.1, -0.05) is 12.1 Å². The van der Waals surface area contributed by atoms with Crippen LogP contribution in [0.1, 0.15) is 37.8 Å². The summed E-state index contributed by atoms with van der Waals surface area (Å²) in [6, 6.07) is 13.8. The number of amides is 1. The molecule has 1 fully saturated rings. The SMILES string of the molecule is COc1ccccc1NC(=O)[C@@H](C)[NH+]1CCC[C@@H]1c1ccc2c(c1)OCCCO2. The van der Waals surface area contributed by atoms with Crippen LogP contribution in [-0.2, 0) is 4.79 Å². The highest BCUT2D eigenvalue weighted by molar-refractivity contribution is 5.95. The molecule has 2 aromatic rings. The number of benzene rings is 2. The number of carbonyl (C=O) groups excluding carboxylic acids is 1. The van der Waals surface area contributed by atoms with Gasteiger partial charge in [0.15, 0.2) is 17.5 Å². The molecule has 6 heteroatoms. The fourth-order valence-electron chi connectivity index (χ4n) is 4.32. The lowest BCUT2D eigenvalue weighted by Crippen LogP contribution is -3.15. The van der Waals surface area contributed by atoms with Gasteiger partial charge < -0.3 is 24.4 Å². The summed E-state index contributed by atoms with van der Waals surface area (Å²) in [5, 5.41) is 3.04. The van der Waals surface area contributed by atoms with E-state index in [1.54, 1.807) is 7.11 Å². The fourth-order valence-corrected chi connectivity index (χ4v) is 4.32. The number of nitrogens with one attached hydrogen (secondary N) is 2. The Balaban J connectivity index is 1.50. The smallest absolute Gasteiger partial charge is 0.282 e. The first-order chi connectivity index (χ1) is 14.2. The maximum absolute atomic E-state index is 13.0. The van der Waals surface area contributed by atoms with Crippen LogP contribution in [0, 0.1) is 0 Å². The molecule has 0 saturated carbocycles. The van der Waals surface area contributed by atoms with Crippen molar-refractivity contribution in [1.82, 2.24) is 0 Å². The van der Waals surface area contributed by atoms with Crippen molar-refractivity contribution in [2.75, 3.05) is 32.2 Å². The molecule has 2 N–H and O–H groups in total. The van der Waals surface area contributed by atoms with E-state index in [0.717, 1.165) is 37.3 Å². The highest BCUT2D eigenvalue weighted by atomic mass is 16.5. The van der Waals surface area contributed by atoms with Gasteiger partial charge in [0.2, 0.25) is 0 Å². The van der Waals surface area contributed by atoms with Crippen LogP contribution in [0.25, 0.3) is 0 Å². The molecule has 29 heavy (non-hydrogen) atoms. The Morgan fingerprint density at radius 2 is 1.93 bits per heavy atom. The second-order valence-corrected chi connectivity index (χ2v) is 7.69. The Morgan fingerprint density at radius 3 is 2.76 bits per heavy atom. The second kappa shape index (κ2) is 8.74. The highest BCUT2D eigenvalue weighted by Crippen LogP contribution is 2.33. The lowest BCUT2D eigenvalue weighted by molar-refractivity contribution is -0.932.